The molecule has 0 saturated carbocycles. The van der Waals surface area contributed by atoms with Gasteiger partial charge in [0.15, 0.2) is 0 Å². The molecule has 3 heterocycles. The summed E-state index contributed by atoms with van der Waals surface area (Å²) < 4.78 is 25.0. The SMILES string of the molecule is CS(=O)(=O)N1CCCC(c2nccnc2-c2ccn[nH]2)C1. The molecule has 1 N–H and O–H groups in total. The maximum absolute atomic E-state index is 11.8. The smallest absolute Gasteiger partial charge is 0.211 e. The molecule has 2 aromatic rings. The number of sulfonamides is 1. The molecule has 1 atom stereocenters. The minimum absolute atomic E-state index is 0.0560. The number of rotatable bonds is 3. The van der Waals surface area contributed by atoms with Crippen molar-refractivity contribution in [3.05, 3.63) is 30.4 Å². The van der Waals surface area contributed by atoms with E-state index in [-0.39, 0.29) is 5.92 Å². The van der Waals surface area contributed by atoms with Gasteiger partial charge in [-0.05, 0) is 18.9 Å². The first-order valence-electron chi connectivity index (χ1n) is 6.81. The summed E-state index contributed by atoms with van der Waals surface area (Å²) in [5.74, 6) is 0.0560. The van der Waals surface area contributed by atoms with E-state index in [0.717, 1.165) is 29.9 Å². The molecule has 0 bridgehead atoms. The van der Waals surface area contributed by atoms with Crippen molar-refractivity contribution in [1.29, 1.82) is 0 Å². The topological polar surface area (TPSA) is 91.8 Å². The van der Waals surface area contributed by atoms with E-state index < -0.39 is 10.0 Å². The van der Waals surface area contributed by atoms with Crippen LogP contribution in [0, 0.1) is 0 Å². The molecule has 8 heteroatoms. The first-order valence-corrected chi connectivity index (χ1v) is 8.66. The lowest BCUT2D eigenvalue weighted by Gasteiger charge is -2.31. The van der Waals surface area contributed by atoms with Crippen LogP contribution < -0.4 is 0 Å². The molecule has 21 heavy (non-hydrogen) atoms. The summed E-state index contributed by atoms with van der Waals surface area (Å²) in [4.78, 5) is 8.82. The fourth-order valence-corrected chi connectivity index (χ4v) is 3.62. The maximum Gasteiger partial charge on any atom is 0.211 e. The summed E-state index contributed by atoms with van der Waals surface area (Å²) in [6.45, 7) is 1.04. The van der Waals surface area contributed by atoms with Crippen LogP contribution >= 0.6 is 0 Å². The van der Waals surface area contributed by atoms with Gasteiger partial charge in [0.2, 0.25) is 10.0 Å². The van der Waals surface area contributed by atoms with Crippen LogP contribution in [0.25, 0.3) is 11.4 Å². The van der Waals surface area contributed by atoms with Crippen molar-refractivity contribution in [2.24, 2.45) is 0 Å². The molecule has 1 aliphatic rings. The van der Waals surface area contributed by atoms with Crippen LogP contribution in [0.1, 0.15) is 24.5 Å². The van der Waals surface area contributed by atoms with Gasteiger partial charge in [0, 0.05) is 37.6 Å². The quantitative estimate of drug-likeness (QED) is 0.913. The van der Waals surface area contributed by atoms with Crippen molar-refractivity contribution in [3.8, 4) is 11.4 Å². The third-order valence-electron chi connectivity index (χ3n) is 3.72. The third-order valence-corrected chi connectivity index (χ3v) is 4.99. The zero-order valence-electron chi connectivity index (χ0n) is 11.7. The summed E-state index contributed by atoms with van der Waals surface area (Å²) in [7, 11) is -3.17. The van der Waals surface area contributed by atoms with Crippen LogP contribution in [0.2, 0.25) is 0 Å². The van der Waals surface area contributed by atoms with Crippen LogP contribution in [0.3, 0.4) is 0 Å². The predicted octanol–water partition coefficient (Wildman–Crippen LogP) is 1.01. The fourth-order valence-electron chi connectivity index (χ4n) is 2.71. The van der Waals surface area contributed by atoms with Gasteiger partial charge in [-0.15, -0.1) is 0 Å². The van der Waals surface area contributed by atoms with Gasteiger partial charge in [0.05, 0.1) is 17.6 Å². The molecule has 0 radical (unpaired) electrons. The second-order valence-corrected chi connectivity index (χ2v) is 7.20. The Hall–Kier alpha value is -1.80. The molecule has 0 amide bonds. The van der Waals surface area contributed by atoms with Crippen molar-refractivity contribution in [2.75, 3.05) is 19.3 Å². The van der Waals surface area contributed by atoms with Crippen molar-refractivity contribution < 1.29 is 8.42 Å². The number of nitrogens with one attached hydrogen (secondary N) is 1. The Morgan fingerprint density at radius 2 is 2.10 bits per heavy atom. The van der Waals surface area contributed by atoms with Crippen molar-refractivity contribution >= 4 is 10.0 Å². The molecule has 1 saturated heterocycles. The van der Waals surface area contributed by atoms with Crippen LogP contribution in [-0.2, 0) is 10.0 Å². The Kier molecular flexibility index (Phi) is 3.73. The second-order valence-electron chi connectivity index (χ2n) is 5.22. The zero-order valence-corrected chi connectivity index (χ0v) is 12.5. The summed E-state index contributed by atoms with van der Waals surface area (Å²) in [6.07, 6.45) is 7.94. The Morgan fingerprint density at radius 3 is 2.81 bits per heavy atom. The lowest BCUT2D eigenvalue weighted by molar-refractivity contribution is 0.314. The normalized spacial score (nSPS) is 20.5. The van der Waals surface area contributed by atoms with Gasteiger partial charge in [-0.25, -0.2) is 12.7 Å². The first kappa shape index (κ1) is 14.2. The van der Waals surface area contributed by atoms with Gasteiger partial charge in [-0.3, -0.25) is 15.1 Å². The van der Waals surface area contributed by atoms with Gasteiger partial charge in [-0.2, -0.15) is 5.10 Å². The third kappa shape index (κ3) is 2.96. The number of nitrogens with zero attached hydrogens (tertiary/aromatic N) is 4. The van der Waals surface area contributed by atoms with Gasteiger partial charge in [-0.1, -0.05) is 0 Å². The molecule has 2 aromatic heterocycles. The summed E-state index contributed by atoms with van der Waals surface area (Å²) in [6, 6.07) is 1.84. The van der Waals surface area contributed by atoms with Crippen LogP contribution in [0.4, 0.5) is 0 Å². The van der Waals surface area contributed by atoms with Gasteiger partial charge >= 0.3 is 0 Å². The highest BCUT2D eigenvalue weighted by Crippen LogP contribution is 2.31. The van der Waals surface area contributed by atoms with Crippen molar-refractivity contribution in [2.45, 2.75) is 18.8 Å². The van der Waals surface area contributed by atoms with Gasteiger partial charge < -0.3 is 0 Å². The minimum atomic E-state index is -3.17. The number of hydrogen-bond donors (Lipinski definition) is 1. The Bertz CT molecular complexity index is 714. The number of piperidine rings is 1. The molecule has 0 aromatic carbocycles. The molecular weight excluding hydrogens is 290 g/mol. The zero-order chi connectivity index (χ0) is 14.9. The summed E-state index contributed by atoms with van der Waals surface area (Å²) >= 11 is 0. The Morgan fingerprint density at radius 1 is 1.29 bits per heavy atom. The fraction of sp³-hybridized carbons (Fsp3) is 0.462. The highest BCUT2D eigenvalue weighted by Gasteiger charge is 2.29. The second kappa shape index (κ2) is 5.53. The number of hydrogen-bond acceptors (Lipinski definition) is 5. The Labute approximate surface area is 123 Å². The van der Waals surface area contributed by atoms with Crippen LogP contribution in [0.15, 0.2) is 24.7 Å². The molecular formula is C13H17N5O2S. The molecule has 1 unspecified atom stereocenters. The number of aromatic amines is 1. The standard InChI is InChI=1S/C13H17N5O2S/c1-21(19,20)18-8-2-3-10(9-18)12-13(15-7-6-14-12)11-4-5-16-17-11/h4-7,10H,2-3,8-9H2,1H3,(H,16,17). The van der Waals surface area contributed by atoms with Gasteiger partial charge in [0.25, 0.3) is 0 Å². The van der Waals surface area contributed by atoms with Crippen molar-refractivity contribution in [3.63, 3.8) is 0 Å². The maximum atomic E-state index is 11.8. The largest absolute Gasteiger partial charge is 0.276 e. The molecule has 1 fully saturated rings. The summed E-state index contributed by atoms with van der Waals surface area (Å²) in [5, 5.41) is 6.83. The molecule has 0 spiro atoms. The Balaban J connectivity index is 1.94. The highest BCUT2D eigenvalue weighted by atomic mass is 32.2. The predicted molar refractivity (Wildman–Crippen MR) is 78.0 cm³/mol. The molecule has 7 nitrogen and oxygen atoms in total. The lowest BCUT2D eigenvalue weighted by Crippen LogP contribution is -2.38. The van der Waals surface area contributed by atoms with Gasteiger partial charge in [0.1, 0.15) is 5.69 Å². The highest BCUT2D eigenvalue weighted by molar-refractivity contribution is 7.88. The molecule has 0 aliphatic carbocycles. The number of aromatic nitrogens is 4. The van der Waals surface area contributed by atoms with E-state index in [2.05, 4.69) is 20.2 Å². The van der Waals surface area contributed by atoms with E-state index >= 15 is 0 Å². The van der Waals surface area contributed by atoms with Crippen LogP contribution in [-0.4, -0.2) is 52.2 Å². The van der Waals surface area contributed by atoms with E-state index in [1.54, 1.807) is 18.6 Å². The van der Waals surface area contributed by atoms with E-state index in [0.29, 0.717) is 13.1 Å². The molecule has 3 rings (SSSR count). The molecule has 1 aliphatic heterocycles. The van der Waals surface area contributed by atoms with E-state index in [1.807, 2.05) is 6.07 Å². The lowest BCUT2D eigenvalue weighted by atomic mass is 9.93. The first-order chi connectivity index (χ1) is 10.1. The molecule has 112 valence electrons. The average molecular weight is 307 g/mol. The van der Waals surface area contributed by atoms with E-state index in [4.69, 9.17) is 0 Å². The minimum Gasteiger partial charge on any atom is -0.276 e. The number of H-pyrrole nitrogens is 1. The monoisotopic (exact) mass is 307 g/mol. The average Bonchev–Trinajstić information content (AvgIpc) is 3.01. The van der Waals surface area contributed by atoms with E-state index in [1.165, 1.54) is 10.6 Å². The van der Waals surface area contributed by atoms with E-state index in [9.17, 15) is 8.42 Å². The van der Waals surface area contributed by atoms with Crippen molar-refractivity contribution in [1.82, 2.24) is 24.5 Å². The summed E-state index contributed by atoms with van der Waals surface area (Å²) in [5.41, 5.74) is 2.38. The van der Waals surface area contributed by atoms with Crippen LogP contribution in [0.5, 0.6) is 0 Å².